The number of rotatable bonds is 6. The molecule has 6 heteroatoms. The topological polar surface area (TPSA) is 69.4 Å². The second-order valence-electron chi connectivity index (χ2n) is 9.10. The molecule has 0 fully saturated rings. The zero-order chi connectivity index (χ0) is 25.4. The van der Waals surface area contributed by atoms with E-state index in [2.05, 4.69) is 36.4 Å². The summed E-state index contributed by atoms with van der Waals surface area (Å²) < 4.78 is 19.1. The molecule has 2 heterocycles. The van der Waals surface area contributed by atoms with Crippen molar-refractivity contribution in [3.8, 4) is 23.1 Å². The Bertz CT molecular complexity index is 1660. The molecule has 1 aromatic heterocycles. The molecule has 6 rings (SSSR count). The van der Waals surface area contributed by atoms with Crippen molar-refractivity contribution >= 4 is 10.8 Å². The third kappa shape index (κ3) is 4.00. The van der Waals surface area contributed by atoms with E-state index in [0.717, 1.165) is 45.2 Å². The molecule has 4 aromatic carbocycles. The van der Waals surface area contributed by atoms with Crippen LogP contribution in [0.2, 0.25) is 0 Å². The molecule has 37 heavy (non-hydrogen) atoms. The molecule has 184 valence electrons. The first kappa shape index (κ1) is 22.9. The van der Waals surface area contributed by atoms with Gasteiger partial charge >= 0.3 is 0 Å². The van der Waals surface area contributed by atoms with Gasteiger partial charge in [-0.05, 0) is 35.1 Å². The summed E-state index contributed by atoms with van der Waals surface area (Å²) in [5, 5.41) is 11.4. The maximum atomic E-state index is 9.22. The Balaban J connectivity index is 1.43. The Labute approximate surface area is 215 Å². The van der Waals surface area contributed by atoms with E-state index in [0.29, 0.717) is 29.4 Å². The normalized spacial score (nSPS) is 13.9. The van der Waals surface area contributed by atoms with E-state index in [-0.39, 0.29) is 5.92 Å². The van der Waals surface area contributed by atoms with E-state index in [1.165, 1.54) is 0 Å². The summed E-state index contributed by atoms with van der Waals surface area (Å²) in [6.07, 6.45) is 2.43. The largest absolute Gasteiger partial charge is 0.493 e. The first-order chi connectivity index (χ1) is 18.2. The molecule has 1 aliphatic rings. The van der Waals surface area contributed by atoms with Gasteiger partial charge in [0.1, 0.15) is 17.6 Å². The summed E-state index contributed by atoms with van der Waals surface area (Å²) in [7, 11) is 3.27. The van der Waals surface area contributed by atoms with Crippen molar-refractivity contribution in [2.45, 2.75) is 18.9 Å². The van der Waals surface area contributed by atoms with Gasteiger partial charge in [-0.15, -0.1) is 0 Å². The molecule has 0 amide bonds. The van der Waals surface area contributed by atoms with E-state index < -0.39 is 0 Å². The fraction of sp³-hybridized carbons (Fsp3) is 0.161. The monoisotopic (exact) mass is 489 g/mol. The predicted octanol–water partition coefficient (Wildman–Crippen LogP) is 6.06. The fourth-order valence-electron chi connectivity index (χ4n) is 5.15. The Morgan fingerprint density at radius 3 is 2.49 bits per heavy atom. The Morgan fingerprint density at radius 2 is 1.68 bits per heavy atom. The summed E-state index contributed by atoms with van der Waals surface area (Å²) in [5.41, 5.74) is 4.43. The van der Waals surface area contributed by atoms with Crippen LogP contribution >= 0.6 is 0 Å². The molecule has 0 unspecified atom stereocenters. The number of aromatic nitrogens is 2. The van der Waals surface area contributed by atoms with Crippen LogP contribution in [0.25, 0.3) is 10.8 Å². The molecule has 6 nitrogen and oxygen atoms in total. The van der Waals surface area contributed by atoms with Gasteiger partial charge in [-0.25, -0.2) is 4.98 Å². The predicted molar refractivity (Wildman–Crippen MR) is 143 cm³/mol. The van der Waals surface area contributed by atoms with E-state index in [1.807, 2.05) is 53.1 Å². The van der Waals surface area contributed by atoms with Gasteiger partial charge in [0.25, 0.3) is 0 Å². The number of benzene rings is 4. The molecule has 0 aliphatic carbocycles. The number of nitrogens with zero attached hydrogens (tertiary/aromatic N) is 2. The van der Waals surface area contributed by atoms with Gasteiger partial charge in [0.15, 0.2) is 11.5 Å². The number of ether oxygens (including phenoxy) is 3. The highest BCUT2D eigenvalue weighted by Crippen LogP contribution is 2.47. The number of fused-ring (bicyclic) bond motifs is 4. The maximum Gasteiger partial charge on any atom is 0.228 e. The van der Waals surface area contributed by atoms with Crippen molar-refractivity contribution in [1.82, 2.24) is 9.55 Å². The lowest BCUT2D eigenvalue weighted by Crippen LogP contribution is -2.30. The minimum absolute atomic E-state index is 0.155. The van der Waals surface area contributed by atoms with Gasteiger partial charge in [-0.2, -0.15) is 0 Å². The van der Waals surface area contributed by atoms with Crippen molar-refractivity contribution in [3.63, 3.8) is 0 Å². The molecule has 1 atom stereocenters. The van der Waals surface area contributed by atoms with Gasteiger partial charge in [-0.1, -0.05) is 72.8 Å². The van der Waals surface area contributed by atoms with Crippen LogP contribution in [0, 0.1) is 5.41 Å². The molecule has 5 aromatic rings. The minimum atomic E-state index is -0.155. The van der Waals surface area contributed by atoms with Crippen LogP contribution in [-0.4, -0.2) is 23.8 Å². The minimum Gasteiger partial charge on any atom is -0.493 e. The fourth-order valence-corrected chi connectivity index (χ4v) is 5.15. The standard InChI is InChI=1S/C31H27N3O3/c1-35-25-15-12-20(18-26(25)36-2)16-17-34-19-33-31-28(30(34)32)27(22-9-4-3-5-10-22)24-14-13-21-8-6-7-11-23(21)29(24)37-31/h3-15,18-19,27,32H,16-17H2,1-2H3/t27-/m1/s1. The lowest BCUT2D eigenvalue weighted by molar-refractivity contribution is 0.354. The van der Waals surface area contributed by atoms with Crippen molar-refractivity contribution in [1.29, 1.82) is 5.41 Å². The smallest absolute Gasteiger partial charge is 0.228 e. The maximum absolute atomic E-state index is 9.22. The van der Waals surface area contributed by atoms with Crippen molar-refractivity contribution in [3.05, 3.63) is 119 Å². The van der Waals surface area contributed by atoms with Gasteiger partial charge in [0, 0.05) is 23.4 Å². The number of methoxy groups -OCH3 is 2. The third-order valence-electron chi connectivity index (χ3n) is 7.02. The number of hydrogen-bond donors (Lipinski definition) is 1. The molecule has 1 aliphatic heterocycles. The third-order valence-corrected chi connectivity index (χ3v) is 7.02. The van der Waals surface area contributed by atoms with Crippen LogP contribution in [-0.2, 0) is 13.0 Å². The van der Waals surface area contributed by atoms with E-state index in [4.69, 9.17) is 19.2 Å². The van der Waals surface area contributed by atoms with Crippen LogP contribution in [0.4, 0.5) is 0 Å². The van der Waals surface area contributed by atoms with Crippen LogP contribution in [0.5, 0.6) is 23.1 Å². The molecule has 0 spiro atoms. The van der Waals surface area contributed by atoms with Crippen LogP contribution in [0.3, 0.4) is 0 Å². The van der Waals surface area contributed by atoms with E-state index in [9.17, 15) is 5.41 Å². The van der Waals surface area contributed by atoms with Gasteiger partial charge < -0.3 is 18.8 Å². The van der Waals surface area contributed by atoms with Crippen molar-refractivity contribution in [2.75, 3.05) is 14.2 Å². The van der Waals surface area contributed by atoms with Gasteiger partial charge in [0.2, 0.25) is 5.88 Å². The van der Waals surface area contributed by atoms with E-state index in [1.54, 1.807) is 20.5 Å². The highest BCUT2D eigenvalue weighted by Gasteiger charge is 2.32. The Morgan fingerprint density at radius 1 is 0.892 bits per heavy atom. The van der Waals surface area contributed by atoms with Crippen molar-refractivity contribution in [2.24, 2.45) is 0 Å². The summed E-state index contributed by atoms with van der Waals surface area (Å²) in [4.78, 5) is 4.71. The summed E-state index contributed by atoms with van der Waals surface area (Å²) in [6.45, 7) is 0.598. The zero-order valence-electron chi connectivity index (χ0n) is 20.8. The number of nitrogens with one attached hydrogen (secondary N) is 1. The molecule has 0 bridgehead atoms. The molecule has 0 saturated heterocycles. The van der Waals surface area contributed by atoms with Gasteiger partial charge in [0.05, 0.1) is 19.8 Å². The molecule has 0 saturated carbocycles. The van der Waals surface area contributed by atoms with Crippen LogP contribution < -0.4 is 19.7 Å². The SMILES string of the molecule is COc1ccc(CCn2cnc3c(c2=N)[C@H](c2ccccc2)c2ccc4ccccc4c2O3)cc1OC. The Kier molecular flexibility index (Phi) is 5.85. The van der Waals surface area contributed by atoms with Crippen LogP contribution in [0.1, 0.15) is 28.2 Å². The molecule has 0 radical (unpaired) electrons. The average molecular weight is 490 g/mol. The van der Waals surface area contributed by atoms with Crippen LogP contribution in [0.15, 0.2) is 91.3 Å². The first-order valence-corrected chi connectivity index (χ1v) is 12.3. The zero-order valence-corrected chi connectivity index (χ0v) is 20.8. The number of hydrogen-bond acceptors (Lipinski definition) is 5. The molecule has 1 N–H and O–H groups in total. The molecular formula is C31H27N3O3. The lowest BCUT2D eigenvalue weighted by Gasteiger charge is -2.29. The lowest BCUT2D eigenvalue weighted by atomic mass is 9.83. The number of aryl methyl sites for hydroxylation is 2. The average Bonchev–Trinajstić information content (AvgIpc) is 2.96. The summed E-state index contributed by atoms with van der Waals surface area (Å²) in [5.74, 6) is 2.54. The second-order valence-corrected chi connectivity index (χ2v) is 9.10. The highest BCUT2D eigenvalue weighted by atomic mass is 16.5. The quantitative estimate of drug-likeness (QED) is 0.309. The van der Waals surface area contributed by atoms with E-state index >= 15 is 0 Å². The summed E-state index contributed by atoms with van der Waals surface area (Å²) in [6, 6.07) is 28.7. The Hall–Kier alpha value is -4.58. The first-order valence-electron chi connectivity index (χ1n) is 12.3. The second kappa shape index (κ2) is 9.47. The van der Waals surface area contributed by atoms with Gasteiger partial charge in [-0.3, -0.25) is 5.41 Å². The summed E-state index contributed by atoms with van der Waals surface area (Å²) >= 11 is 0. The molecular weight excluding hydrogens is 462 g/mol. The highest BCUT2D eigenvalue weighted by molar-refractivity contribution is 5.91. The van der Waals surface area contributed by atoms with Crippen molar-refractivity contribution < 1.29 is 14.2 Å².